The summed E-state index contributed by atoms with van der Waals surface area (Å²) < 4.78 is 4.27. The Hall–Kier alpha value is 1.08. The average molecular weight is 424 g/mol. The van der Waals surface area contributed by atoms with E-state index < -0.39 is 0 Å². The van der Waals surface area contributed by atoms with Crippen LogP contribution in [0.15, 0.2) is 12.2 Å². The van der Waals surface area contributed by atoms with E-state index in [0.29, 0.717) is 6.17 Å². The number of nitrogens with two attached hydrogens (primary N) is 1. The van der Waals surface area contributed by atoms with Crippen molar-refractivity contribution >= 4 is 22.6 Å². The molecule has 0 aromatic carbocycles. The Balaban J connectivity index is 3.67. The zero-order valence-electron chi connectivity index (χ0n) is 8.93. The van der Waals surface area contributed by atoms with Crippen molar-refractivity contribution < 1.29 is 21.5 Å². The van der Waals surface area contributed by atoms with Crippen LogP contribution < -0.4 is 36.1 Å². The minimum atomic E-state index is 0.0221. The summed E-state index contributed by atoms with van der Waals surface area (Å²) in [6.07, 6.45) is 5.96. The van der Waals surface area contributed by atoms with Crippen molar-refractivity contribution in [2.24, 2.45) is 5.73 Å². The van der Waals surface area contributed by atoms with Gasteiger partial charge in [-0.25, -0.2) is 0 Å². The van der Waals surface area contributed by atoms with Crippen LogP contribution in [0.3, 0.4) is 0 Å². The number of nitrogens with one attached hydrogen (secondary N) is 2. The van der Waals surface area contributed by atoms with E-state index in [1.54, 1.807) is 0 Å². The molecule has 0 heterocycles. The van der Waals surface area contributed by atoms with E-state index in [4.69, 9.17) is 5.73 Å². The molecule has 0 rings (SSSR count). The van der Waals surface area contributed by atoms with Crippen molar-refractivity contribution in [1.29, 1.82) is 0 Å². The molecule has 3 nitrogen and oxygen atoms in total. The van der Waals surface area contributed by atoms with Gasteiger partial charge in [-0.3, -0.25) is 0 Å². The summed E-state index contributed by atoms with van der Waals surface area (Å²) in [6, 6.07) is 0. The van der Waals surface area contributed by atoms with Crippen LogP contribution in [0.2, 0.25) is 0 Å². The topological polar surface area (TPSA) is 50.1 Å². The van der Waals surface area contributed by atoms with Gasteiger partial charge in [0.15, 0.2) is 0 Å². The van der Waals surface area contributed by atoms with Crippen LogP contribution in [-0.4, -0.2) is 14.3 Å². The predicted molar refractivity (Wildman–Crippen MR) is 66.6 cm³/mol. The number of alkyl halides is 2. The minimum absolute atomic E-state index is 0.0221. The Morgan fingerprint density at radius 3 is 2.64 bits per heavy atom. The summed E-state index contributed by atoms with van der Waals surface area (Å²) in [5.41, 5.74) is 5.62. The van der Waals surface area contributed by atoms with Crippen molar-refractivity contribution in [1.82, 2.24) is 8.85 Å². The third-order valence-electron chi connectivity index (χ3n) is 1.57. The molecule has 4 N–H and O–H groups in total. The van der Waals surface area contributed by atoms with Gasteiger partial charge in [0.2, 0.25) is 0 Å². The summed E-state index contributed by atoms with van der Waals surface area (Å²) in [6.45, 7) is 6.42. The molecule has 2 unspecified atom stereocenters. The number of hydrogen-bond donors (Lipinski definition) is 3. The zero-order valence-corrected chi connectivity index (χ0v) is 13.2. The molecular weight excluding hydrogens is 404 g/mol. The van der Waals surface area contributed by atoms with Gasteiger partial charge < -0.3 is 0 Å². The molecule has 0 aromatic heterocycles. The van der Waals surface area contributed by atoms with Crippen molar-refractivity contribution in [2.75, 3.05) is 0 Å². The fourth-order valence-electron chi connectivity index (χ4n) is 0.904. The van der Waals surface area contributed by atoms with E-state index in [9.17, 15) is 0 Å². The normalized spacial score (nSPS) is 18.6. The first-order valence-electron chi connectivity index (χ1n) is 4.76. The molecule has 0 aromatic rings. The van der Waals surface area contributed by atoms with Gasteiger partial charge >= 0.3 is 112 Å². The Morgan fingerprint density at radius 1 is 1.57 bits per heavy atom. The summed E-state index contributed by atoms with van der Waals surface area (Å²) in [5, 5.41) is 3.22. The van der Waals surface area contributed by atoms with Gasteiger partial charge in [0.05, 0.1) is 0 Å². The molecule has 0 aliphatic rings. The van der Waals surface area contributed by atoms with E-state index in [-0.39, 0.29) is 25.7 Å². The molecule has 3 atom stereocenters. The van der Waals surface area contributed by atoms with Gasteiger partial charge in [-0.15, -0.1) is 0 Å². The fourth-order valence-corrected chi connectivity index (χ4v) is 3.69. The monoisotopic (exact) mass is 424 g/mol. The molecule has 0 saturated carbocycles. The molecule has 14 heavy (non-hydrogen) atoms. The van der Waals surface area contributed by atoms with Gasteiger partial charge in [0.25, 0.3) is 0 Å². The Morgan fingerprint density at radius 2 is 2.21 bits per heavy atom. The standard InChI is InChI=1S/C9H20I2N3/c1-4-6-8(5-2)11-14-7(3)13-9(10)12/h4,6-9,13-14H,5,12H2,1-3H3/q-1/b6-4-/t7?,8?,9-/m0/s1. The molecule has 0 amide bonds. The van der Waals surface area contributed by atoms with Crippen molar-refractivity contribution in [3.05, 3.63) is 12.2 Å². The van der Waals surface area contributed by atoms with Crippen LogP contribution in [-0.2, 0) is 0 Å². The van der Waals surface area contributed by atoms with Crippen LogP contribution in [0.4, 0.5) is 0 Å². The zero-order chi connectivity index (χ0) is 11.0. The Kier molecular flexibility index (Phi) is 10.0. The van der Waals surface area contributed by atoms with Gasteiger partial charge in [-0.2, -0.15) is 0 Å². The van der Waals surface area contributed by atoms with Crippen LogP contribution in [0.5, 0.6) is 0 Å². The quantitative estimate of drug-likeness (QED) is 0.117. The predicted octanol–water partition coefficient (Wildman–Crippen LogP) is -1.45. The third-order valence-corrected chi connectivity index (χ3v) is 5.32. The Bertz CT molecular complexity index is 162. The number of hydrogen-bond acceptors (Lipinski definition) is 3. The summed E-state index contributed by atoms with van der Waals surface area (Å²) in [7, 11) is 0. The van der Waals surface area contributed by atoms with E-state index in [0.717, 1.165) is 3.92 Å². The first kappa shape index (κ1) is 15.1. The van der Waals surface area contributed by atoms with Gasteiger partial charge in [0.1, 0.15) is 0 Å². The van der Waals surface area contributed by atoms with E-state index in [2.05, 4.69) is 64.4 Å². The first-order valence-corrected chi connectivity index (χ1v) is 8.33. The molecule has 0 spiro atoms. The van der Waals surface area contributed by atoms with Crippen LogP contribution in [0, 0.1) is 0 Å². The maximum atomic E-state index is 5.62. The van der Waals surface area contributed by atoms with Crippen molar-refractivity contribution in [3.8, 4) is 0 Å². The van der Waals surface area contributed by atoms with Crippen molar-refractivity contribution in [2.45, 2.75) is 41.5 Å². The van der Waals surface area contributed by atoms with Crippen LogP contribution in [0.25, 0.3) is 0 Å². The molecule has 0 radical (unpaired) electrons. The number of halogens is 2. The Labute approximate surface area is 111 Å². The summed E-state index contributed by atoms with van der Waals surface area (Å²) >= 11 is 2.19. The van der Waals surface area contributed by atoms with E-state index in [1.807, 2.05) is 0 Å². The second kappa shape index (κ2) is 9.32. The first-order chi connectivity index (χ1) is 6.60. The number of allylic oxidation sites excluding steroid dienone is 2. The second-order valence-corrected chi connectivity index (χ2v) is 7.15. The van der Waals surface area contributed by atoms with Gasteiger partial charge in [-0.05, 0) is 0 Å². The van der Waals surface area contributed by atoms with Crippen LogP contribution in [0.1, 0.15) is 27.2 Å². The molecule has 0 bridgehead atoms. The molecule has 0 saturated heterocycles. The summed E-state index contributed by atoms with van der Waals surface area (Å²) in [4.78, 5) is 0. The molecule has 0 aliphatic carbocycles. The average Bonchev–Trinajstić information content (AvgIpc) is 2.11. The molecular formula is C9H20I2N3-. The maximum absolute atomic E-state index is 5.62. The molecule has 86 valence electrons. The molecule has 0 fully saturated rings. The third kappa shape index (κ3) is 8.39. The van der Waals surface area contributed by atoms with E-state index >= 15 is 0 Å². The molecule has 5 heteroatoms. The van der Waals surface area contributed by atoms with Crippen molar-refractivity contribution in [3.63, 3.8) is 0 Å². The van der Waals surface area contributed by atoms with Gasteiger partial charge in [-0.1, -0.05) is 0 Å². The molecule has 0 aliphatic heterocycles. The fraction of sp³-hybridized carbons (Fsp3) is 0.778. The van der Waals surface area contributed by atoms with Crippen LogP contribution >= 0.6 is 22.6 Å². The SMILES string of the molecule is C/C=C\C(CC)[I-]NC(C)N[C@H](N)I. The number of rotatable bonds is 7. The van der Waals surface area contributed by atoms with E-state index in [1.165, 1.54) is 6.42 Å². The second-order valence-electron chi connectivity index (χ2n) is 2.96. The summed E-state index contributed by atoms with van der Waals surface area (Å²) in [5.74, 6) is 0. The van der Waals surface area contributed by atoms with Gasteiger partial charge in [0, 0.05) is 0 Å².